The van der Waals surface area contributed by atoms with Crippen LogP contribution >= 0.6 is 11.3 Å². The van der Waals surface area contributed by atoms with Crippen molar-refractivity contribution in [2.45, 2.75) is 0 Å². The Balaban J connectivity index is 1.70. The molecule has 2 heterocycles. The first-order chi connectivity index (χ1) is 9.88. The zero-order valence-corrected chi connectivity index (χ0v) is 11.4. The molecule has 0 saturated heterocycles. The fraction of sp³-hybridized carbons (Fsp3) is 0. The van der Waals surface area contributed by atoms with Crippen molar-refractivity contribution >= 4 is 43.8 Å². The minimum absolute atomic E-state index is 0.782. The summed E-state index contributed by atoms with van der Waals surface area (Å²) >= 11 is 1.60. The van der Waals surface area contributed by atoms with Crippen LogP contribution in [0, 0.1) is 0 Å². The van der Waals surface area contributed by atoms with E-state index in [1.807, 2.05) is 36.5 Å². The Labute approximate surface area is 119 Å². The molecule has 0 aliphatic heterocycles. The molecule has 0 bridgehead atoms. The van der Waals surface area contributed by atoms with Crippen LogP contribution in [0.1, 0.15) is 5.69 Å². The first-order valence-corrected chi connectivity index (χ1v) is 7.17. The predicted octanol–water partition coefficient (Wildman–Crippen LogP) is 4.53. The van der Waals surface area contributed by atoms with Gasteiger partial charge in [-0.3, -0.25) is 0 Å². The lowest BCUT2D eigenvalue weighted by Crippen LogP contribution is -1.77. The largest absolute Gasteiger partial charge is 0.354 e. The number of para-hydroxylation sites is 2. The summed E-state index contributed by atoms with van der Waals surface area (Å²) in [5, 5.41) is 1.98. The summed E-state index contributed by atoms with van der Waals surface area (Å²) in [4.78, 5) is 12.3. The Morgan fingerprint density at radius 2 is 1.90 bits per heavy atom. The van der Waals surface area contributed by atoms with Gasteiger partial charge in [0.05, 0.1) is 22.1 Å². The molecule has 4 aromatic rings. The number of nitrogens with zero attached hydrogens (tertiary/aromatic N) is 2. The molecule has 3 nitrogen and oxygen atoms in total. The van der Waals surface area contributed by atoms with Gasteiger partial charge < -0.3 is 4.98 Å². The summed E-state index contributed by atoms with van der Waals surface area (Å²) in [7, 11) is 0. The van der Waals surface area contributed by atoms with Crippen molar-refractivity contribution in [3.05, 3.63) is 60.3 Å². The molecule has 0 atom stereocenters. The van der Waals surface area contributed by atoms with Gasteiger partial charge in [0.15, 0.2) is 0 Å². The number of aromatic nitrogens is 2. The molecule has 1 N–H and O–H groups in total. The van der Waals surface area contributed by atoms with Gasteiger partial charge in [0.1, 0.15) is 0 Å². The van der Waals surface area contributed by atoms with Crippen LogP contribution in [0.4, 0.5) is 5.13 Å². The van der Waals surface area contributed by atoms with Crippen molar-refractivity contribution in [1.29, 1.82) is 0 Å². The second-order valence-corrected chi connectivity index (χ2v) is 5.54. The fourth-order valence-electron chi connectivity index (χ4n) is 2.21. The molecular weight excluding hydrogens is 266 g/mol. The van der Waals surface area contributed by atoms with E-state index in [0.717, 1.165) is 26.6 Å². The van der Waals surface area contributed by atoms with Gasteiger partial charge in [-0.05, 0) is 24.3 Å². The predicted molar refractivity (Wildman–Crippen MR) is 85.2 cm³/mol. The van der Waals surface area contributed by atoms with Crippen molar-refractivity contribution in [3.8, 4) is 0 Å². The van der Waals surface area contributed by atoms with Gasteiger partial charge in [-0.25, -0.2) is 9.98 Å². The maximum Gasteiger partial charge on any atom is 0.210 e. The molecule has 0 unspecified atom stereocenters. The topological polar surface area (TPSA) is 41.0 Å². The number of hydrogen-bond donors (Lipinski definition) is 1. The smallest absolute Gasteiger partial charge is 0.210 e. The van der Waals surface area contributed by atoms with Gasteiger partial charge in [-0.2, -0.15) is 0 Å². The van der Waals surface area contributed by atoms with Crippen molar-refractivity contribution in [2.24, 2.45) is 4.99 Å². The van der Waals surface area contributed by atoms with Crippen molar-refractivity contribution in [3.63, 3.8) is 0 Å². The van der Waals surface area contributed by atoms with Crippen molar-refractivity contribution in [2.75, 3.05) is 0 Å². The molecule has 0 aliphatic carbocycles. The summed E-state index contributed by atoms with van der Waals surface area (Å²) in [6, 6.07) is 18.4. The zero-order valence-electron chi connectivity index (χ0n) is 10.6. The van der Waals surface area contributed by atoms with Gasteiger partial charge in [0.2, 0.25) is 5.13 Å². The molecule has 0 spiro atoms. The number of H-pyrrole nitrogens is 1. The van der Waals surface area contributed by atoms with E-state index < -0.39 is 0 Å². The van der Waals surface area contributed by atoms with Crippen LogP contribution < -0.4 is 0 Å². The third kappa shape index (κ3) is 2.00. The lowest BCUT2D eigenvalue weighted by Gasteiger charge is -1.85. The number of benzene rings is 2. The maximum atomic E-state index is 4.49. The number of thiazole rings is 1. The highest BCUT2D eigenvalue weighted by Gasteiger charge is 2.01. The highest BCUT2D eigenvalue weighted by Crippen LogP contribution is 2.27. The monoisotopic (exact) mass is 277 g/mol. The average molecular weight is 277 g/mol. The van der Waals surface area contributed by atoms with Crippen LogP contribution in [0.5, 0.6) is 0 Å². The summed E-state index contributed by atoms with van der Waals surface area (Å²) < 4.78 is 1.16. The number of fused-ring (bicyclic) bond motifs is 2. The normalized spacial score (nSPS) is 11.8. The van der Waals surface area contributed by atoms with E-state index in [4.69, 9.17) is 0 Å². The SMILES string of the molecule is C(=N\c1nc2ccccc2s1)/c1cc2ccccc2[nH]1. The van der Waals surface area contributed by atoms with Gasteiger partial charge in [0.25, 0.3) is 0 Å². The maximum absolute atomic E-state index is 4.49. The zero-order chi connectivity index (χ0) is 13.4. The number of nitrogens with one attached hydrogen (secondary N) is 1. The fourth-order valence-corrected chi connectivity index (χ4v) is 3.02. The third-order valence-corrected chi connectivity index (χ3v) is 4.09. The average Bonchev–Trinajstić information content (AvgIpc) is 3.07. The van der Waals surface area contributed by atoms with Gasteiger partial charge in [-0.15, -0.1) is 0 Å². The minimum Gasteiger partial charge on any atom is -0.354 e. The molecule has 4 rings (SSSR count). The standard InChI is InChI=1S/C16H11N3S/c1-2-6-13-11(5-1)9-12(18-13)10-17-16-19-14-7-3-4-8-15(14)20-16/h1-10,18H/b17-10+. The molecule has 2 aromatic heterocycles. The van der Waals surface area contributed by atoms with E-state index in [1.165, 1.54) is 5.39 Å². The van der Waals surface area contributed by atoms with E-state index in [1.54, 1.807) is 11.3 Å². The van der Waals surface area contributed by atoms with Crippen LogP contribution in [0.3, 0.4) is 0 Å². The summed E-state index contributed by atoms with van der Waals surface area (Å²) in [6.07, 6.45) is 1.83. The molecule has 4 heteroatoms. The highest BCUT2D eigenvalue weighted by atomic mass is 32.1. The quantitative estimate of drug-likeness (QED) is 0.537. The Hall–Kier alpha value is -2.46. The van der Waals surface area contributed by atoms with E-state index in [2.05, 4.69) is 39.2 Å². The second-order valence-electron chi connectivity index (χ2n) is 4.53. The molecule has 20 heavy (non-hydrogen) atoms. The van der Waals surface area contributed by atoms with Crippen LogP contribution in [-0.4, -0.2) is 16.2 Å². The van der Waals surface area contributed by atoms with E-state index >= 15 is 0 Å². The Kier molecular flexibility index (Phi) is 2.60. The van der Waals surface area contributed by atoms with Gasteiger partial charge in [-0.1, -0.05) is 41.7 Å². The molecular formula is C16H11N3S. The second kappa shape index (κ2) is 4.58. The molecule has 0 amide bonds. The van der Waals surface area contributed by atoms with Crippen molar-refractivity contribution in [1.82, 2.24) is 9.97 Å². The van der Waals surface area contributed by atoms with Gasteiger partial charge in [0, 0.05) is 10.9 Å². The highest BCUT2D eigenvalue weighted by molar-refractivity contribution is 7.22. The Morgan fingerprint density at radius 3 is 2.80 bits per heavy atom. The number of aromatic amines is 1. The Morgan fingerprint density at radius 1 is 1.05 bits per heavy atom. The van der Waals surface area contributed by atoms with Crippen LogP contribution in [0.25, 0.3) is 21.1 Å². The Bertz CT molecular complexity index is 775. The lowest BCUT2D eigenvalue weighted by molar-refractivity contribution is 1.39. The van der Waals surface area contributed by atoms with Crippen LogP contribution in [0.2, 0.25) is 0 Å². The third-order valence-electron chi connectivity index (χ3n) is 3.15. The van der Waals surface area contributed by atoms with E-state index in [-0.39, 0.29) is 0 Å². The lowest BCUT2D eigenvalue weighted by atomic mass is 10.2. The number of rotatable bonds is 2. The number of aliphatic imine (C=N–C) groups is 1. The summed E-state index contributed by atoms with van der Waals surface area (Å²) in [5.41, 5.74) is 3.12. The molecule has 0 aliphatic rings. The van der Waals surface area contributed by atoms with Gasteiger partial charge >= 0.3 is 0 Å². The van der Waals surface area contributed by atoms with Crippen molar-refractivity contribution < 1.29 is 0 Å². The first kappa shape index (κ1) is 11.4. The van der Waals surface area contributed by atoms with Crippen LogP contribution in [0.15, 0.2) is 59.6 Å². The molecule has 2 aromatic carbocycles. The van der Waals surface area contributed by atoms with Crippen LogP contribution in [-0.2, 0) is 0 Å². The van der Waals surface area contributed by atoms with E-state index in [0.29, 0.717) is 0 Å². The minimum atomic E-state index is 0.782. The molecule has 0 saturated carbocycles. The number of hydrogen-bond acceptors (Lipinski definition) is 3. The molecule has 0 radical (unpaired) electrons. The van der Waals surface area contributed by atoms with E-state index in [9.17, 15) is 0 Å². The summed E-state index contributed by atoms with van der Waals surface area (Å²) in [5.74, 6) is 0. The molecule has 0 fully saturated rings. The summed E-state index contributed by atoms with van der Waals surface area (Å²) in [6.45, 7) is 0. The molecule has 96 valence electrons. The first-order valence-electron chi connectivity index (χ1n) is 6.36.